The van der Waals surface area contributed by atoms with Crippen molar-refractivity contribution in [3.8, 4) is 5.75 Å². The lowest BCUT2D eigenvalue weighted by Crippen LogP contribution is -2.02. The van der Waals surface area contributed by atoms with Gasteiger partial charge in [0.05, 0.1) is 12.7 Å². The lowest BCUT2D eigenvalue weighted by atomic mass is 10.0. The van der Waals surface area contributed by atoms with E-state index in [9.17, 15) is 4.79 Å². The van der Waals surface area contributed by atoms with Gasteiger partial charge in [-0.2, -0.15) is 0 Å². The van der Waals surface area contributed by atoms with Crippen LogP contribution in [0.2, 0.25) is 5.02 Å². The summed E-state index contributed by atoms with van der Waals surface area (Å²) in [6, 6.07) is 5.12. The average molecular weight is 320 g/mol. The topological polar surface area (TPSA) is 26.3 Å². The van der Waals surface area contributed by atoms with Crippen molar-refractivity contribution in [3.05, 3.63) is 28.8 Å². The van der Waals surface area contributed by atoms with Crippen molar-refractivity contribution >= 4 is 33.3 Å². The highest BCUT2D eigenvalue weighted by atomic mass is 79.9. The molecule has 2 nitrogen and oxygen atoms in total. The monoisotopic (exact) mass is 318 g/mol. The molecule has 0 aliphatic rings. The molecule has 1 aromatic carbocycles. The Bertz CT molecular complexity index is 380. The number of unbranched alkanes of at least 4 members (excludes halogenated alkanes) is 2. The second-order valence-corrected chi connectivity index (χ2v) is 5.00. The first kappa shape index (κ1) is 14.5. The summed E-state index contributed by atoms with van der Waals surface area (Å²) < 4.78 is 5.16. The van der Waals surface area contributed by atoms with E-state index in [1.165, 1.54) is 0 Å². The molecule has 0 saturated carbocycles. The second-order valence-electron chi connectivity index (χ2n) is 3.77. The summed E-state index contributed by atoms with van der Waals surface area (Å²) in [7, 11) is 1.55. The molecule has 1 aromatic rings. The maximum absolute atomic E-state index is 12.0. The van der Waals surface area contributed by atoms with Crippen LogP contribution in [0.4, 0.5) is 0 Å². The lowest BCUT2D eigenvalue weighted by Gasteiger charge is -2.07. The van der Waals surface area contributed by atoms with Crippen molar-refractivity contribution in [2.24, 2.45) is 0 Å². The predicted octanol–water partition coefficient (Wildman–Crippen LogP) is 4.49. The van der Waals surface area contributed by atoms with E-state index in [1.54, 1.807) is 25.3 Å². The third-order valence-electron chi connectivity index (χ3n) is 2.50. The number of Topliss-reactive ketones (excluding diaryl/α,β-unsaturated/α-hetero) is 1. The van der Waals surface area contributed by atoms with Crippen LogP contribution in [0.25, 0.3) is 0 Å². The van der Waals surface area contributed by atoms with E-state index in [-0.39, 0.29) is 5.78 Å². The Balaban J connectivity index is 2.62. The SMILES string of the molecule is COc1cc(Cl)ccc1C(=O)CCCCCBr. The van der Waals surface area contributed by atoms with Crippen LogP contribution in [-0.4, -0.2) is 18.2 Å². The second kappa shape index (κ2) is 7.72. The number of hydrogen-bond donors (Lipinski definition) is 0. The summed E-state index contributed by atoms with van der Waals surface area (Å²) in [5.74, 6) is 0.677. The molecule has 0 aromatic heterocycles. The van der Waals surface area contributed by atoms with Gasteiger partial charge in [-0.3, -0.25) is 4.79 Å². The number of hydrogen-bond acceptors (Lipinski definition) is 2. The largest absolute Gasteiger partial charge is 0.496 e. The van der Waals surface area contributed by atoms with Gasteiger partial charge in [0.1, 0.15) is 5.75 Å². The number of carbonyl (C=O) groups is 1. The molecule has 0 aliphatic heterocycles. The maximum Gasteiger partial charge on any atom is 0.166 e. The van der Waals surface area contributed by atoms with Crippen molar-refractivity contribution in [3.63, 3.8) is 0 Å². The predicted molar refractivity (Wildman–Crippen MR) is 74.6 cm³/mol. The summed E-state index contributed by atoms with van der Waals surface area (Å²) >= 11 is 9.22. The lowest BCUT2D eigenvalue weighted by molar-refractivity contribution is 0.0976. The molecule has 0 fully saturated rings. The summed E-state index contributed by atoms with van der Waals surface area (Å²) in [5, 5.41) is 1.57. The van der Waals surface area contributed by atoms with Crippen LogP contribution >= 0.6 is 27.5 Å². The molecule has 1 rings (SSSR count). The fourth-order valence-corrected chi connectivity index (χ4v) is 2.15. The van der Waals surface area contributed by atoms with Crippen LogP contribution in [0.15, 0.2) is 18.2 Å². The number of benzene rings is 1. The first-order valence-corrected chi connectivity index (χ1v) is 7.11. The van der Waals surface area contributed by atoms with E-state index in [1.807, 2.05) is 0 Å². The normalized spacial score (nSPS) is 10.3. The standard InChI is InChI=1S/C13H16BrClO2/c1-17-13-9-10(15)6-7-11(13)12(16)5-3-2-4-8-14/h6-7,9H,2-5,8H2,1H3. The van der Waals surface area contributed by atoms with Gasteiger partial charge in [0, 0.05) is 16.8 Å². The Morgan fingerprint density at radius 2 is 2.12 bits per heavy atom. The fraction of sp³-hybridized carbons (Fsp3) is 0.462. The number of halogens is 2. The summed E-state index contributed by atoms with van der Waals surface area (Å²) in [4.78, 5) is 12.0. The molecule has 0 radical (unpaired) electrons. The van der Waals surface area contributed by atoms with Gasteiger partial charge in [-0.15, -0.1) is 0 Å². The van der Waals surface area contributed by atoms with Gasteiger partial charge >= 0.3 is 0 Å². The molecular weight excluding hydrogens is 303 g/mol. The summed E-state index contributed by atoms with van der Waals surface area (Å²) in [6.45, 7) is 0. The third-order valence-corrected chi connectivity index (χ3v) is 3.30. The van der Waals surface area contributed by atoms with E-state index in [4.69, 9.17) is 16.3 Å². The summed E-state index contributed by atoms with van der Waals surface area (Å²) in [5.41, 5.74) is 0.621. The van der Waals surface area contributed by atoms with E-state index in [0.29, 0.717) is 22.8 Å². The van der Waals surface area contributed by atoms with Crippen molar-refractivity contribution in [2.45, 2.75) is 25.7 Å². The molecule has 0 bridgehead atoms. The minimum absolute atomic E-state index is 0.119. The van der Waals surface area contributed by atoms with Gasteiger partial charge < -0.3 is 4.74 Å². The Morgan fingerprint density at radius 3 is 2.76 bits per heavy atom. The molecule has 0 aliphatic carbocycles. The first-order valence-electron chi connectivity index (χ1n) is 5.61. The molecule has 0 amide bonds. The van der Waals surface area contributed by atoms with Crippen LogP contribution in [-0.2, 0) is 0 Å². The van der Waals surface area contributed by atoms with E-state index < -0.39 is 0 Å². The fourth-order valence-electron chi connectivity index (χ4n) is 1.59. The van der Waals surface area contributed by atoms with E-state index >= 15 is 0 Å². The Morgan fingerprint density at radius 1 is 1.35 bits per heavy atom. The summed E-state index contributed by atoms with van der Waals surface area (Å²) in [6.07, 6.45) is 3.64. The molecule has 4 heteroatoms. The minimum atomic E-state index is 0.119. The molecule has 94 valence electrons. The van der Waals surface area contributed by atoms with Gasteiger partial charge in [-0.1, -0.05) is 34.0 Å². The number of methoxy groups -OCH3 is 1. The van der Waals surface area contributed by atoms with Crippen LogP contribution < -0.4 is 4.74 Å². The van der Waals surface area contributed by atoms with Crippen LogP contribution in [0, 0.1) is 0 Å². The zero-order valence-corrected chi connectivity index (χ0v) is 12.2. The van der Waals surface area contributed by atoms with Gasteiger partial charge in [0.25, 0.3) is 0 Å². The quantitative estimate of drug-likeness (QED) is 0.420. The van der Waals surface area contributed by atoms with E-state index in [2.05, 4.69) is 15.9 Å². The zero-order chi connectivity index (χ0) is 12.7. The van der Waals surface area contributed by atoms with Gasteiger partial charge in [-0.25, -0.2) is 0 Å². The minimum Gasteiger partial charge on any atom is -0.496 e. The highest BCUT2D eigenvalue weighted by Gasteiger charge is 2.12. The molecule has 0 saturated heterocycles. The highest BCUT2D eigenvalue weighted by molar-refractivity contribution is 9.09. The van der Waals surface area contributed by atoms with Crippen LogP contribution in [0.1, 0.15) is 36.0 Å². The van der Waals surface area contributed by atoms with Crippen molar-refractivity contribution in [1.82, 2.24) is 0 Å². The number of ether oxygens (including phenoxy) is 1. The maximum atomic E-state index is 12.0. The number of ketones is 1. The molecular formula is C13H16BrClO2. The highest BCUT2D eigenvalue weighted by Crippen LogP contribution is 2.24. The first-order chi connectivity index (χ1) is 8.19. The third kappa shape index (κ3) is 4.68. The average Bonchev–Trinajstić information content (AvgIpc) is 2.34. The van der Waals surface area contributed by atoms with Crippen LogP contribution in [0.5, 0.6) is 5.75 Å². The molecule has 0 unspecified atom stereocenters. The number of alkyl halides is 1. The molecule has 0 spiro atoms. The molecule has 0 atom stereocenters. The zero-order valence-electron chi connectivity index (χ0n) is 9.84. The van der Waals surface area contributed by atoms with Crippen LogP contribution in [0.3, 0.4) is 0 Å². The molecule has 0 N–H and O–H groups in total. The van der Waals surface area contributed by atoms with Gasteiger partial charge in [0.15, 0.2) is 5.78 Å². The molecule has 0 heterocycles. The Hall–Kier alpha value is -0.540. The van der Waals surface area contributed by atoms with E-state index in [0.717, 1.165) is 24.6 Å². The number of carbonyl (C=O) groups excluding carboxylic acids is 1. The Labute approximate surface area is 115 Å². The Kier molecular flexibility index (Phi) is 6.60. The van der Waals surface area contributed by atoms with Crippen molar-refractivity contribution in [1.29, 1.82) is 0 Å². The van der Waals surface area contributed by atoms with Crippen molar-refractivity contribution in [2.75, 3.05) is 12.4 Å². The van der Waals surface area contributed by atoms with Crippen molar-refractivity contribution < 1.29 is 9.53 Å². The number of rotatable bonds is 7. The van der Waals surface area contributed by atoms with Gasteiger partial charge in [-0.05, 0) is 31.0 Å². The molecule has 17 heavy (non-hydrogen) atoms. The smallest absolute Gasteiger partial charge is 0.166 e. The van der Waals surface area contributed by atoms with Gasteiger partial charge in [0.2, 0.25) is 0 Å².